The van der Waals surface area contributed by atoms with Gasteiger partial charge in [0.05, 0.1) is 6.61 Å². The van der Waals surface area contributed by atoms with Crippen molar-refractivity contribution in [1.82, 2.24) is 0 Å². The summed E-state index contributed by atoms with van der Waals surface area (Å²) in [6.45, 7) is 4.28. The maximum Gasteiger partial charge on any atom is 0.164 e. The van der Waals surface area contributed by atoms with Gasteiger partial charge in [-0.15, -0.1) is 12.3 Å². The van der Waals surface area contributed by atoms with E-state index in [4.69, 9.17) is 15.9 Å². The summed E-state index contributed by atoms with van der Waals surface area (Å²) in [5, 5.41) is 0. The molecule has 0 amide bonds. The second-order valence-corrected chi connectivity index (χ2v) is 4.30. The van der Waals surface area contributed by atoms with Gasteiger partial charge in [0.1, 0.15) is 6.10 Å². The van der Waals surface area contributed by atoms with Crippen molar-refractivity contribution in [3.8, 4) is 36.0 Å². The number of rotatable bonds is 3. The summed E-state index contributed by atoms with van der Waals surface area (Å²) in [5.74, 6) is 13.7. The van der Waals surface area contributed by atoms with Crippen LogP contribution in [0, 0.1) is 36.0 Å². The van der Waals surface area contributed by atoms with Crippen molar-refractivity contribution < 1.29 is 9.47 Å². The lowest BCUT2D eigenvalue weighted by molar-refractivity contribution is -0.132. The van der Waals surface area contributed by atoms with Gasteiger partial charge in [-0.25, -0.2) is 0 Å². The van der Waals surface area contributed by atoms with Gasteiger partial charge in [0, 0.05) is 12.8 Å². The van der Waals surface area contributed by atoms with Crippen molar-refractivity contribution in [2.45, 2.75) is 51.4 Å². The summed E-state index contributed by atoms with van der Waals surface area (Å²) in [7, 11) is 0. The second kappa shape index (κ2) is 7.03. The summed E-state index contributed by atoms with van der Waals surface area (Å²) in [5.41, 5.74) is 0. The van der Waals surface area contributed by atoms with E-state index in [0.717, 1.165) is 25.7 Å². The molecule has 1 unspecified atom stereocenters. The van der Waals surface area contributed by atoms with Crippen LogP contribution >= 0.6 is 0 Å². The normalized spacial score (nSPS) is 20.6. The lowest BCUT2D eigenvalue weighted by Crippen LogP contribution is -2.20. The second-order valence-electron chi connectivity index (χ2n) is 4.30. The molecule has 2 heteroatoms. The third-order valence-electron chi connectivity index (χ3n) is 2.27. The Hall–Kier alpha value is -1.40. The summed E-state index contributed by atoms with van der Waals surface area (Å²) in [6, 6.07) is 0. The van der Waals surface area contributed by atoms with Crippen LogP contribution in [0.2, 0.25) is 0 Å². The highest BCUT2D eigenvalue weighted by molar-refractivity contribution is 5.27. The number of hydrogen-bond donors (Lipinski definition) is 0. The average Bonchev–Trinajstić information content (AvgIpc) is 2.62. The molecule has 0 radical (unpaired) electrons. The molecule has 17 heavy (non-hydrogen) atoms. The molecule has 1 saturated heterocycles. The lowest BCUT2D eigenvalue weighted by atomic mass is 10.2. The average molecular weight is 230 g/mol. The van der Waals surface area contributed by atoms with Crippen LogP contribution in [0.3, 0.4) is 0 Å². The molecule has 90 valence electrons. The molecule has 1 aliphatic heterocycles. The molecule has 0 bridgehead atoms. The van der Waals surface area contributed by atoms with Crippen molar-refractivity contribution in [2.24, 2.45) is 0 Å². The molecular formula is C15H18O2. The smallest absolute Gasteiger partial charge is 0.164 e. The van der Waals surface area contributed by atoms with E-state index in [9.17, 15) is 0 Å². The molecular weight excluding hydrogens is 212 g/mol. The summed E-state index contributed by atoms with van der Waals surface area (Å²) < 4.78 is 10.9. The van der Waals surface area contributed by atoms with E-state index in [-0.39, 0.29) is 6.10 Å². The Bertz CT molecular complexity index is 393. The first kappa shape index (κ1) is 13.7. The minimum atomic E-state index is -0.512. The van der Waals surface area contributed by atoms with E-state index in [2.05, 4.69) is 29.6 Å². The highest BCUT2D eigenvalue weighted by Gasteiger charge is 2.31. The minimum Gasteiger partial charge on any atom is -0.347 e. The zero-order valence-electron chi connectivity index (χ0n) is 10.5. The summed E-state index contributed by atoms with van der Waals surface area (Å²) >= 11 is 0. The number of terminal acetylenes is 1. The van der Waals surface area contributed by atoms with Crippen molar-refractivity contribution >= 4 is 0 Å². The van der Waals surface area contributed by atoms with E-state index >= 15 is 0 Å². The first-order chi connectivity index (χ1) is 8.14. The third kappa shape index (κ3) is 6.03. The van der Waals surface area contributed by atoms with Crippen LogP contribution in [0.1, 0.15) is 39.5 Å². The Labute approximate surface area is 104 Å². The van der Waals surface area contributed by atoms with Crippen molar-refractivity contribution in [2.75, 3.05) is 6.61 Å². The molecule has 0 saturated carbocycles. The molecule has 1 heterocycles. The predicted octanol–water partition coefficient (Wildman–Crippen LogP) is 2.34. The Balaban J connectivity index is 2.19. The van der Waals surface area contributed by atoms with E-state index in [1.54, 1.807) is 0 Å². The molecule has 0 aromatic rings. The quantitative estimate of drug-likeness (QED) is 0.547. The van der Waals surface area contributed by atoms with E-state index in [1.165, 1.54) is 0 Å². The first-order valence-corrected chi connectivity index (χ1v) is 5.88. The van der Waals surface area contributed by atoms with Gasteiger partial charge in [-0.05, 0) is 38.5 Å². The van der Waals surface area contributed by atoms with Crippen molar-refractivity contribution in [1.29, 1.82) is 0 Å². The van der Waals surface area contributed by atoms with Crippen molar-refractivity contribution in [3.05, 3.63) is 0 Å². The molecule has 1 atom stereocenters. The Morgan fingerprint density at radius 1 is 1.24 bits per heavy atom. The largest absolute Gasteiger partial charge is 0.347 e. The van der Waals surface area contributed by atoms with Crippen LogP contribution in [-0.2, 0) is 9.47 Å². The Morgan fingerprint density at radius 3 is 2.65 bits per heavy atom. The molecule has 1 fully saturated rings. The standard InChI is InChI=1S/C15H18O2/c1-4-5-6-7-8-9-10-11-12-14-13-16-15(2,3)17-14/h1,14H,5-8,13H2,2-3H3. The van der Waals surface area contributed by atoms with Gasteiger partial charge in [0.25, 0.3) is 0 Å². The monoisotopic (exact) mass is 230 g/mol. The zero-order chi connectivity index (χ0) is 12.6. The van der Waals surface area contributed by atoms with Gasteiger partial charge in [-0.2, -0.15) is 0 Å². The maximum atomic E-state index is 5.52. The minimum absolute atomic E-state index is 0.152. The van der Waals surface area contributed by atoms with Gasteiger partial charge in [-0.3, -0.25) is 0 Å². The van der Waals surface area contributed by atoms with Crippen LogP contribution in [0.4, 0.5) is 0 Å². The number of ether oxygens (including phenoxy) is 2. The van der Waals surface area contributed by atoms with Crippen molar-refractivity contribution in [3.63, 3.8) is 0 Å². The lowest BCUT2D eigenvalue weighted by Gasteiger charge is -2.14. The van der Waals surface area contributed by atoms with Crippen LogP contribution in [-0.4, -0.2) is 18.5 Å². The zero-order valence-corrected chi connectivity index (χ0v) is 10.5. The SMILES string of the molecule is C#CCCCCC#CC#CC1COC(C)(C)O1. The highest BCUT2D eigenvalue weighted by atomic mass is 16.7. The molecule has 0 N–H and O–H groups in total. The number of hydrogen-bond acceptors (Lipinski definition) is 2. The molecule has 1 rings (SSSR count). The van der Waals surface area contributed by atoms with Crippen LogP contribution in [0.15, 0.2) is 0 Å². The Morgan fingerprint density at radius 2 is 2.00 bits per heavy atom. The van der Waals surface area contributed by atoms with E-state index in [1.807, 2.05) is 13.8 Å². The van der Waals surface area contributed by atoms with Gasteiger partial charge >= 0.3 is 0 Å². The summed E-state index contributed by atoms with van der Waals surface area (Å²) in [6.07, 6.45) is 8.75. The van der Waals surface area contributed by atoms with Crippen LogP contribution in [0.25, 0.3) is 0 Å². The van der Waals surface area contributed by atoms with Gasteiger partial charge in [-0.1, -0.05) is 11.8 Å². The molecule has 2 nitrogen and oxygen atoms in total. The van der Waals surface area contributed by atoms with Gasteiger partial charge < -0.3 is 9.47 Å². The van der Waals surface area contributed by atoms with E-state index < -0.39 is 5.79 Å². The van der Waals surface area contributed by atoms with Gasteiger partial charge in [0.2, 0.25) is 0 Å². The van der Waals surface area contributed by atoms with Crippen LogP contribution in [0.5, 0.6) is 0 Å². The maximum absolute atomic E-state index is 5.52. The predicted molar refractivity (Wildman–Crippen MR) is 67.8 cm³/mol. The third-order valence-corrected chi connectivity index (χ3v) is 2.27. The fourth-order valence-corrected chi connectivity index (χ4v) is 1.42. The van der Waals surface area contributed by atoms with Gasteiger partial charge in [0.15, 0.2) is 5.79 Å². The molecule has 0 aromatic carbocycles. The number of unbranched alkanes of at least 4 members (excludes halogenated alkanes) is 3. The topological polar surface area (TPSA) is 18.5 Å². The molecule has 1 aliphatic rings. The fraction of sp³-hybridized carbons (Fsp3) is 0.600. The molecule has 0 spiro atoms. The Kier molecular flexibility index (Phi) is 5.65. The molecule has 0 aromatic heterocycles. The van der Waals surface area contributed by atoms with E-state index in [0.29, 0.717) is 6.61 Å². The highest BCUT2D eigenvalue weighted by Crippen LogP contribution is 2.21. The fourth-order valence-electron chi connectivity index (χ4n) is 1.42. The van der Waals surface area contributed by atoms with Crippen LogP contribution < -0.4 is 0 Å². The molecule has 0 aliphatic carbocycles. The summed E-state index contributed by atoms with van der Waals surface area (Å²) in [4.78, 5) is 0. The first-order valence-electron chi connectivity index (χ1n) is 5.88.